The third-order valence-corrected chi connectivity index (χ3v) is 4.36. The van der Waals surface area contributed by atoms with E-state index in [2.05, 4.69) is 0 Å². The molecule has 1 unspecified atom stereocenters. The summed E-state index contributed by atoms with van der Waals surface area (Å²) in [5.41, 5.74) is 2.82. The van der Waals surface area contributed by atoms with Gasteiger partial charge in [0.15, 0.2) is 17.3 Å². The van der Waals surface area contributed by atoms with Crippen LogP contribution in [-0.2, 0) is 18.0 Å². The van der Waals surface area contributed by atoms with Crippen LogP contribution in [0.25, 0.3) is 12.2 Å². The number of carbonyl (C=O) groups excluding carboxylic acids is 1. The standard InChI is InChI=1S/C23H26O6/c1-28-22-10-6-17(12-23(22)29-2)5-9-21(27)13-20(26)8-4-16-3-7-18(14-24)19(11-16)15-25/h3-12,20,24-26H,13-15H2,1-2H3/b8-4+,9-5+. The van der Waals surface area contributed by atoms with Gasteiger partial charge in [-0.25, -0.2) is 0 Å². The Kier molecular flexibility index (Phi) is 8.61. The molecule has 3 N–H and O–H groups in total. The molecule has 0 heterocycles. The topological polar surface area (TPSA) is 96.2 Å². The summed E-state index contributed by atoms with van der Waals surface area (Å²) in [5.74, 6) is 0.955. The molecule has 0 aromatic heterocycles. The lowest BCUT2D eigenvalue weighted by atomic mass is 10.0. The van der Waals surface area contributed by atoms with E-state index in [1.165, 1.54) is 12.2 Å². The molecule has 6 nitrogen and oxygen atoms in total. The number of aliphatic hydroxyl groups is 3. The molecule has 0 bridgehead atoms. The molecular formula is C23H26O6. The van der Waals surface area contributed by atoms with E-state index in [1.54, 1.807) is 62.8 Å². The molecule has 0 aliphatic heterocycles. The van der Waals surface area contributed by atoms with Gasteiger partial charge in [-0.05, 0) is 46.5 Å². The van der Waals surface area contributed by atoms with Crippen LogP contribution in [-0.4, -0.2) is 41.4 Å². The summed E-state index contributed by atoms with van der Waals surface area (Å²) < 4.78 is 10.4. The molecule has 2 aromatic rings. The van der Waals surface area contributed by atoms with Crippen LogP contribution in [0.4, 0.5) is 0 Å². The van der Waals surface area contributed by atoms with Crippen LogP contribution < -0.4 is 9.47 Å². The Morgan fingerprint density at radius 1 is 0.931 bits per heavy atom. The zero-order chi connectivity index (χ0) is 21.2. The number of aliphatic hydroxyl groups excluding tert-OH is 3. The molecule has 2 aromatic carbocycles. The van der Waals surface area contributed by atoms with E-state index < -0.39 is 6.10 Å². The van der Waals surface area contributed by atoms with Crippen molar-refractivity contribution in [2.75, 3.05) is 14.2 Å². The molecule has 2 rings (SSSR count). The monoisotopic (exact) mass is 398 g/mol. The van der Waals surface area contributed by atoms with E-state index in [-0.39, 0.29) is 25.4 Å². The second-order valence-corrected chi connectivity index (χ2v) is 6.39. The van der Waals surface area contributed by atoms with Crippen LogP contribution in [0.3, 0.4) is 0 Å². The summed E-state index contributed by atoms with van der Waals surface area (Å²) in [6, 6.07) is 10.5. The predicted molar refractivity (Wildman–Crippen MR) is 112 cm³/mol. The number of hydrogen-bond donors (Lipinski definition) is 3. The Balaban J connectivity index is 1.96. The van der Waals surface area contributed by atoms with Crippen molar-refractivity contribution in [1.82, 2.24) is 0 Å². The summed E-state index contributed by atoms with van der Waals surface area (Å²) in [5, 5.41) is 28.6. The van der Waals surface area contributed by atoms with Crippen molar-refractivity contribution in [3.05, 3.63) is 70.8 Å². The molecule has 0 radical (unpaired) electrons. The van der Waals surface area contributed by atoms with Crippen LogP contribution >= 0.6 is 0 Å². The van der Waals surface area contributed by atoms with Crippen molar-refractivity contribution in [2.24, 2.45) is 0 Å². The average molecular weight is 398 g/mol. The summed E-state index contributed by atoms with van der Waals surface area (Å²) >= 11 is 0. The van der Waals surface area contributed by atoms with Gasteiger partial charge in [-0.1, -0.05) is 36.4 Å². The van der Waals surface area contributed by atoms with E-state index in [4.69, 9.17) is 9.47 Å². The van der Waals surface area contributed by atoms with Gasteiger partial charge in [-0.3, -0.25) is 4.79 Å². The first-order valence-electron chi connectivity index (χ1n) is 9.13. The van der Waals surface area contributed by atoms with Gasteiger partial charge in [0, 0.05) is 6.42 Å². The van der Waals surface area contributed by atoms with Gasteiger partial charge >= 0.3 is 0 Å². The lowest BCUT2D eigenvalue weighted by Crippen LogP contribution is -2.08. The molecule has 29 heavy (non-hydrogen) atoms. The summed E-state index contributed by atoms with van der Waals surface area (Å²) in [6.45, 7) is -0.330. The average Bonchev–Trinajstić information content (AvgIpc) is 2.75. The first kappa shape index (κ1) is 22.4. The summed E-state index contributed by atoms with van der Waals surface area (Å²) in [4.78, 5) is 12.1. The fraction of sp³-hybridized carbons (Fsp3) is 0.261. The van der Waals surface area contributed by atoms with E-state index in [9.17, 15) is 20.1 Å². The second-order valence-electron chi connectivity index (χ2n) is 6.39. The highest BCUT2D eigenvalue weighted by atomic mass is 16.5. The second kappa shape index (κ2) is 11.2. The van der Waals surface area contributed by atoms with Gasteiger partial charge in [0.25, 0.3) is 0 Å². The zero-order valence-electron chi connectivity index (χ0n) is 16.5. The van der Waals surface area contributed by atoms with Crippen LogP contribution in [0.1, 0.15) is 28.7 Å². The van der Waals surface area contributed by atoms with E-state index in [1.807, 2.05) is 0 Å². The molecule has 0 spiro atoms. The number of rotatable bonds is 10. The number of benzene rings is 2. The van der Waals surface area contributed by atoms with Gasteiger partial charge in [0.1, 0.15) is 0 Å². The van der Waals surface area contributed by atoms with Crippen molar-refractivity contribution in [3.63, 3.8) is 0 Å². The van der Waals surface area contributed by atoms with Gasteiger partial charge in [0.05, 0.1) is 33.5 Å². The lowest BCUT2D eigenvalue weighted by molar-refractivity contribution is -0.115. The molecule has 1 atom stereocenters. The van der Waals surface area contributed by atoms with E-state index >= 15 is 0 Å². The van der Waals surface area contributed by atoms with Gasteiger partial charge in [0.2, 0.25) is 0 Å². The number of hydrogen-bond acceptors (Lipinski definition) is 6. The smallest absolute Gasteiger partial charge is 0.161 e. The Morgan fingerprint density at radius 3 is 2.24 bits per heavy atom. The van der Waals surface area contributed by atoms with Crippen molar-refractivity contribution in [2.45, 2.75) is 25.7 Å². The Bertz CT molecular complexity index is 885. The Hall–Kier alpha value is -2.93. The first-order chi connectivity index (χ1) is 14.0. The number of ether oxygens (including phenoxy) is 2. The molecule has 0 saturated heterocycles. The van der Waals surface area contributed by atoms with Crippen molar-refractivity contribution < 1.29 is 29.6 Å². The minimum absolute atomic E-state index is 0.0537. The first-order valence-corrected chi connectivity index (χ1v) is 9.13. The van der Waals surface area contributed by atoms with Crippen molar-refractivity contribution in [3.8, 4) is 11.5 Å². The van der Waals surface area contributed by atoms with Crippen LogP contribution in [0.5, 0.6) is 11.5 Å². The zero-order valence-corrected chi connectivity index (χ0v) is 16.5. The minimum atomic E-state index is -0.937. The molecule has 0 saturated carbocycles. The van der Waals surface area contributed by atoms with Crippen LogP contribution in [0.15, 0.2) is 48.6 Å². The largest absolute Gasteiger partial charge is 0.493 e. The van der Waals surface area contributed by atoms with Gasteiger partial charge < -0.3 is 24.8 Å². The fourth-order valence-electron chi connectivity index (χ4n) is 2.76. The lowest BCUT2D eigenvalue weighted by Gasteiger charge is -2.07. The van der Waals surface area contributed by atoms with Gasteiger partial charge in [-0.2, -0.15) is 0 Å². The molecule has 6 heteroatoms. The van der Waals surface area contributed by atoms with Crippen molar-refractivity contribution in [1.29, 1.82) is 0 Å². The minimum Gasteiger partial charge on any atom is -0.493 e. The number of carbonyl (C=O) groups is 1. The van der Waals surface area contributed by atoms with Crippen LogP contribution in [0, 0.1) is 0 Å². The third-order valence-electron chi connectivity index (χ3n) is 4.36. The molecule has 0 aliphatic carbocycles. The predicted octanol–water partition coefficient (Wildman–Crippen LogP) is 2.74. The van der Waals surface area contributed by atoms with Gasteiger partial charge in [-0.15, -0.1) is 0 Å². The highest BCUT2D eigenvalue weighted by molar-refractivity contribution is 5.94. The maximum Gasteiger partial charge on any atom is 0.161 e. The number of methoxy groups -OCH3 is 2. The molecule has 154 valence electrons. The normalized spacial score (nSPS) is 12.4. The quantitative estimate of drug-likeness (QED) is 0.533. The highest BCUT2D eigenvalue weighted by Crippen LogP contribution is 2.28. The SMILES string of the molecule is COc1ccc(/C=C/C(=O)CC(O)/C=C/c2ccc(CO)c(CO)c2)cc1OC. The maximum absolute atomic E-state index is 12.1. The summed E-state index contributed by atoms with van der Waals surface area (Å²) in [6.07, 6.45) is 5.28. The summed E-state index contributed by atoms with van der Waals surface area (Å²) in [7, 11) is 3.09. The van der Waals surface area contributed by atoms with E-state index in [0.29, 0.717) is 22.6 Å². The maximum atomic E-state index is 12.1. The van der Waals surface area contributed by atoms with E-state index in [0.717, 1.165) is 11.1 Å². The highest BCUT2D eigenvalue weighted by Gasteiger charge is 2.07. The molecule has 0 aliphatic rings. The fourth-order valence-corrected chi connectivity index (χ4v) is 2.76. The third kappa shape index (κ3) is 6.57. The molecular weight excluding hydrogens is 372 g/mol. The Morgan fingerprint density at radius 2 is 1.59 bits per heavy atom. The van der Waals surface area contributed by atoms with Crippen molar-refractivity contribution >= 4 is 17.9 Å². The Labute approximate surface area is 170 Å². The number of allylic oxidation sites excluding steroid dienone is 1. The van der Waals surface area contributed by atoms with Crippen LogP contribution in [0.2, 0.25) is 0 Å². The number of ketones is 1. The molecule has 0 amide bonds. The molecule has 0 fully saturated rings.